The molecule has 0 radical (unpaired) electrons. The Labute approximate surface area is 162 Å². The molecule has 0 saturated carbocycles. The quantitative estimate of drug-likeness (QED) is 0.630. The summed E-state index contributed by atoms with van der Waals surface area (Å²) in [7, 11) is -4.14. The van der Waals surface area contributed by atoms with E-state index in [9.17, 15) is 22.7 Å². The van der Waals surface area contributed by atoms with Gasteiger partial charge in [0.25, 0.3) is 10.0 Å². The number of hydrogen-bond donors (Lipinski definition) is 2. The molecule has 0 aliphatic carbocycles. The lowest BCUT2D eigenvalue weighted by Crippen LogP contribution is -2.16. The Kier molecular flexibility index (Phi) is 4.19. The second-order valence-electron chi connectivity index (χ2n) is 6.12. The van der Waals surface area contributed by atoms with Gasteiger partial charge in [-0.25, -0.2) is 22.6 Å². The highest BCUT2D eigenvalue weighted by atomic mass is 79.9. The summed E-state index contributed by atoms with van der Waals surface area (Å²) in [6.45, 7) is 0.749. The summed E-state index contributed by atoms with van der Waals surface area (Å²) in [6.07, 6.45) is 1.69. The maximum Gasteiger partial charge on any atom is 0.340 e. The monoisotopic (exact) mass is 453 g/mol. The van der Waals surface area contributed by atoms with Crippen LogP contribution in [0.2, 0.25) is 0 Å². The standard InChI is InChI=1S/C17H13BrFN3O4S/c18-10-8-9(19)3-6-13(10)27(25,26)21-11-4-5-12-16(15(11)17(23)24)20-14-2-1-7-22(12)14/h3-6,8,21H,1-2,7H2,(H,23,24). The second-order valence-corrected chi connectivity index (χ2v) is 8.63. The van der Waals surface area contributed by atoms with Crippen LogP contribution in [0.5, 0.6) is 0 Å². The number of anilines is 1. The second kappa shape index (κ2) is 6.31. The van der Waals surface area contributed by atoms with E-state index in [0.717, 1.165) is 43.4 Å². The third kappa shape index (κ3) is 2.98. The highest BCUT2D eigenvalue weighted by Crippen LogP contribution is 2.32. The van der Waals surface area contributed by atoms with Crippen molar-refractivity contribution in [3.8, 4) is 0 Å². The molecule has 2 heterocycles. The molecule has 0 unspecified atom stereocenters. The lowest BCUT2D eigenvalue weighted by molar-refractivity contribution is 0.0700. The van der Waals surface area contributed by atoms with Crippen molar-refractivity contribution in [2.45, 2.75) is 24.3 Å². The van der Waals surface area contributed by atoms with Gasteiger partial charge in [-0.2, -0.15) is 0 Å². The first-order valence-electron chi connectivity index (χ1n) is 8.01. The number of carbonyl (C=O) groups is 1. The van der Waals surface area contributed by atoms with Gasteiger partial charge < -0.3 is 9.67 Å². The molecule has 0 atom stereocenters. The van der Waals surface area contributed by atoms with Crippen LogP contribution in [-0.4, -0.2) is 29.0 Å². The Bertz CT molecular complexity index is 1210. The number of halogens is 2. The number of imidazole rings is 1. The summed E-state index contributed by atoms with van der Waals surface area (Å²) in [5, 5.41) is 9.67. The van der Waals surface area contributed by atoms with Crippen LogP contribution in [0.15, 0.2) is 39.7 Å². The molecular formula is C17H13BrFN3O4S. The minimum atomic E-state index is -4.14. The molecule has 2 N–H and O–H groups in total. The number of rotatable bonds is 4. The summed E-state index contributed by atoms with van der Waals surface area (Å²) >= 11 is 3.02. The predicted octanol–water partition coefficient (Wildman–Crippen LogP) is 3.38. The number of sulfonamides is 1. The van der Waals surface area contributed by atoms with Crippen molar-refractivity contribution in [3.05, 3.63) is 52.0 Å². The van der Waals surface area contributed by atoms with E-state index in [1.165, 1.54) is 6.07 Å². The number of aromatic carboxylic acids is 1. The van der Waals surface area contributed by atoms with Crippen molar-refractivity contribution in [1.29, 1.82) is 0 Å². The van der Waals surface area contributed by atoms with E-state index in [2.05, 4.69) is 25.6 Å². The molecule has 0 spiro atoms. The average Bonchev–Trinajstić information content (AvgIpc) is 3.14. The van der Waals surface area contributed by atoms with Crippen LogP contribution in [0.3, 0.4) is 0 Å². The maximum atomic E-state index is 13.3. The first kappa shape index (κ1) is 17.9. The number of benzene rings is 2. The predicted molar refractivity (Wildman–Crippen MR) is 99.9 cm³/mol. The Morgan fingerprint density at radius 3 is 2.78 bits per heavy atom. The van der Waals surface area contributed by atoms with Crippen molar-refractivity contribution >= 4 is 48.6 Å². The zero-order valence-corrected chi connectivity index (χ0v) is 16.1. The SMILES string of the molecule is O=C(O)c1c(NS(=O)(=O)c2ccc(F)cc2Br)ccc2c1nc1n2CCC1. The third-order valence-corrected chi connectivity index (χ3v) is 6.77. The molecule has 0 amide bonds. The van der Waals surface area contributed by atoms with Gasteiger partial charge in [-0.3, -0.25) is 4.72 Å². The van der Waals surface area contributed by atoms with E-state index in [1.54, 1.807) is 6.07 Å². The third-order valence-electron chi connectivity index (χ3n) is 4.42. The summed E-state index contributed by atoms with van der Waals surface area (Å²) in [5.41, 5.74) is 0.598. The Balaban J connectivity index is 1.84. The molecule has 0 fully saturated rings. The van der Waals surface area contributed by atoms with Crippen molar-refractivity contribution in [1.82, 2.24) is 9.55 Å². The van der Waals surface area contributed by atoms with Gasteiger partial charge in [0.05, 0.1) is 11.2 Å². The smallest absolute Gasteiger partial charge is 0.340 e. The van der Waals surface area contributed by atoms with Crippen LogP contribution in [0, 0.1) is 5.82 Å². The number of fused-ring (bicyclic) bond motifs is 3. The minimum Gasteiger partial charge on any atom is -0.478 e. The zero-order chi connectivity index (χ0) is 19.3. The molecule has 1 aromatic heterocycles. The fraction of sp³-hybridized carbons (Fsp3) is 0.176. The molecule has 2 aromatic carbocycles. The van der Waals surface area contributed by atoms with Crippen molar-refractivity contribution < 1.29 is 22.7 Å². The Morgan fingerprint density at radius 1 is 1.30 bits per heavy atom. The molecule has 3 aromatic rings. The summed E-state index contributed by atoms with van der Waals surface area (Å²) < 4.78 is 42.9. The molecule has 10 heteroatoms. The molecule has 140 valence electrons. The largest absolute Gasteiger partial charge is 0.478 e. The first-order chi connectivity index (χ1) is 12.8. The van der Waals surface area contributed by atoms with Crippen molar-refractivity contribution in [3.63, 3.8) is 0 Å². The van der Waals surface area contributed by atoms with Gasteiger partial charge >= 0.3 is 5.97 Å². The first-order valence-corrected chi connectivity index (χ1v) is 10.3. The highest BCUT2D eigenvalue weighted by Gasteiger charge is 2.26. The van der Waals surface area contributed by atoms with Crippen molar-refractivity contribution in [2.24, 2.45) is 0 Å². The molecule has 0 bridgehead atoms. The Morgan fingerprint density at radius 2 is 2.07 bits per heavy atom. The van der Waals surface area contributed by atoms with E-state index in [4.69, 9.17) is 0 Å². The maximum absolute atomic E-state index is 13.3. The van der Waals surface area contributed by atoms with Crippen LogP contribution in [-0.2, 0) is 23.0 Å². The van der Waals surface area contributed by atoms with Crippen LogP contribution < -0.4 is 4.72 Å². The van der Waals surface area contributed by atoms with E-state index < -0.39 is 21.8 Å². The van der Waals surface area contributed by atoms with Crippen LogP contribution >= 0.6 is 15.9 Å². The van der Waals surface area contributed by atoms with E-state index in [-0.39, 0.29) is 26.1 Å². The molecule has 7 nitrogen and oxygen atoms in total. The lowest BCUT2D eigenvalue weighted by atomic mass is 10.1. The zero-order valence-electron chi connectivity index (χ0n) is 13.7. The minimum absolute atomic E-state index is 0.0360. The van der Waals surface area contributed by atoms with Crippen LogP contribution in [0.4, 0.5) is 10.1 Å². The van der Waals surface area contributed by atoms with Crippen molar-refractivity contribution in [2.75, 3.05) is 4.72 Å². The van der Waals surface area contributed by atoms with E-state index in [1.807, 2.05) is 4.57 Å². The number of aromatic nitrogens is 2. The molecular weight excluding hydrogens is 441 g/mol. The van der Waals surface area contributed by atoms with Crippen LogP contribution in [0.25, 0.3) is 11.0 Å². The number of hydrogen-bond acceptors (Lipinski definition) is 4. The summed E-state index contributed by atoms with van der Waals surface area (Å²) in [4.78, 5) is 16.0. The molecule has 1 aliphatic heterocycles. The molecule has 4 rings (SSSR count). The van der Waals surface area contributed by atoms with Gasteiger partial charge in [-0.05, 0) is 52.7 Å². The fourth-order valence-corrected chi connectivity index (χ4v) is 5.39. The summed E-state index contributed by atoms with van der Waals surface area (Å²) in [6, 6.07) is 6.21. The van der Waals surface area contributed by atoms with E-state index in [0.29, 0.717) is 5.52 Å². The fourth-order valence-electron chi connectivity index (χ4n) is 3.27. The van der Waals surface area contributed by atoms with Gasteiger partial charge in [0, 0.05) is 17.4 Å². The topological polar surface area (TPSA) is 101 Å². The molecule has 27 heavy (non-hydrogen) atoms. The molecule has 1 aliphatic rings. The van der Waals surface area contributed by atoms with Crippen LogP contribution in [0.1, 0.15) is 22.6 Å². The normalized spacial score (nSPS) is 13.7. The molecule has 0 saturated heterocycles. The number of nitrogens with zero attached hydrogens (tertiary/aromatic N) is 2. The van der Waals surface area contributed by atoms with Gasteiger partial charge in [0.15, 0.2) is 0 Å². The van der Waals surface area contributed by atoms with Gasteiger partial charge in [-0.1, -0.05) is 0 Å². The van der Waals surface area contributed by atoms with Gasteiger partial charge in [0.1, 0.15) is 27.6 Å². The highest BCUT2D eigenvalue weighted by molar-refractivity contribution is 9.10. The number of aryl methyl sites for hydroxylation is 2. The van der Waals surface area contributed by atoms with E-state index >= 15 is 0 Å². The number of carboxylic acid groups (broad SMARTS) is 1. The average molecular weight is 454 g/mol. The lowest BCUT2D eigenvalue weighted by Gasteiger charge is -2.12. The summed E-state index contributed by atoms with van der Waals surface area (Å²) in [5.74, 6) is -1.09. The van der Waals surface area contributed by atoms with Gasteiger partial charge in [-0.15, -0.1) is 0 Å². The number of carboxylic acids is 1. The number of nitrogens with one attached hydrogen (secondary N) is 1. The Hall–Kier alpha value is -2.46. The van der Waals surface area contributed by atoms with Gasteiger partial charge in [0.2, 0.25) is 0 Å².